The molecule has 0 fully saturated rings. The van der Waals surface area contributed by atoms with Gasteiger partial charge in [0.15, 0.2) is 0 Å². The maximum atomic E-state index is 11.0. The number of rotatable bonds is 18. The predicted octanol–water partition coefficient (Wildman–Crippen LogP) is 6.17. The van der Waals surface area contributed by atoms with Gasteiger partial charge in [0.05, 0.1) is 6.61 Å². The summed E-state index contributed by atoms with van der Waals surface area (Å²) in [4.78, 5) is 11.0. The molecule has 1 unspecified atom stereocenters. The molecule has 0 aliphatic carbocycles. The Hall–Kier alpha value is 0.0534. The van der Waals surface area contributed by atoms with Crippen molar-refractivity contribution in [3.8, 4) is 0 Å². The Kier molecular flexibility index (Phi) is 24.1. The Morgan fingerprint density at radius 1 is 0.720 bits per heavy atom. The van der Waals surface area contributed by atoms with Gasteiger partial charge in [-0.3, -0.25) is 0 Å². The molecule has 25 heavy (non-hydrogen) atoms. The van der Waals surface area contributed by atoms with E-state index in [1.54, 1.807) is 0 Å². The van der Waals surface area contributed by atoms with Crippen LogP contribution in [0.3, 0.4) is 0 Å². The van der Waals surface area contributed by atoms with Crippen LogP contribution in [0.1, 0.15) is 117 Å². The summed E-state index contributed by atoms with van der Waals surface area (Å²) in [5, 5.41) is 8.98. The molecule has 1 atom stereocenters. The van der Waals surface area contributed by atoms with E-state index in [9.17, 15) is 4.79 Å². The van der Waals surface area contributed by atoms with Crippen LogP contribution in [-0.4, -0.2) is 23.8 Å². The van der Waals surface area contributed by atoms with Crippen LogP contribution >= 0.6 is 0 Å². The van der Waals surface area contributed by atoms with Crippen LogP contribution in [0.25, 0.3) is 0 Å². The van der Waals surface area contributed by atoms with Gasteiger partial charge in [-0.2, -0.15) is 0 Å². The fourth-order valence-electron chi connectivity index (χ4n) is 2.94. The van der Waals surface area contributed by atoms with E-state index in [-0.39, 0.29) is 19.5 Å². The number of hydrogen-bond acceptors (Lipinski definition) is 3. The largest absolute Gasteiger partial charge is 0.464 e. The molecule has 0 saturated carbocycles. The zero-order valence-corrected chi connectivity index (χ0v) is 20.0. The molecular weight excluding hydrogens is 366 g/mol. The summed E-state index contributed by atoms with van der Waals surface area (Å²) in [6, 6.07) is 0. The van der Waals surface area contributed by atoms with Crippen molar-refractivity contribution in [3.63, 3.8) is 0 Å². The summed E-state index contributed by atoms with van der Waals surface area (Å²) in [6.45, 7) is 4.16. The molecule has 146 valence electrons. The molecule has 0 aromatic carbocycles. The maximum Gasteiger partial charge on any atom is 0.334 e. The van der Waals surface area contributed by atoms with Crippen molar-refractivity contribution < 1.29 is 34.1 Å². The fourth-order valence-corrected chi connectivity index (χ4v) is 2.94. The molecule has 0 rings (SSSR count). The van der Waals surface area contributed by atoms with E-state index >= 15 is 0 Å². The minimum Gasteiger partial charge on any atom is -0.464 e. The average molecular weight is 408 g/mol. The summed E-state index contributed by atoms with van der Waals surface area (Å²) >= 11 is 0. The standard InChI is InChI=1S/C21H42O3.Zn/c1-3-4-5-6-7-8-9-10-11-12-13-14-15-16-17-18-19-24-21(23)20(2)22;/h20,22H,3-19H2,1-2H3;. The van der Waals surface area contributed by atoms with Crippen LogP contribution in [0.5, 0.6) is 0 Å². The molecule has 1 N–H and O–H groups in total. The number of esters is 1. The van der Waals surface area contributed by atoms with Gasteiger partial charge in [0.2, 0.25) is 0 Å². The molecule has 0 amide bonds. The third kappa shape index (κ3) is 22.0. The van der Waals surface area contributed by atoms with E-state index in [0.717, 1.165) is 12.8 Å². The molecule has 0 spiro atoms. The molecule has 0 saturated heterocycles. The molecule has 4 heteroatoms. The number of aliphatic hydroxyl groups is 1. The Labute approximate surface area is 169 Å². The maximum absolute atomic E-state index is 11.0. The van der Waals surface area contributed by atoms with Crippen LogP contribution in [0, 0.1) is 0 Å². The molecule has 0 heterocycles. The second-order valence-electron chi connectivity index (χ2n) is 7.15. The summed E-state index contributed by atoms with van der Waals surface area (Å²) in [6.07, 6.45) is 20.4. The Bertz CT molecular complexity index is 270. The Morgan fingerprint density at radius 2 is 1.04 bits per heavy atom. The van der Waals surface area contributed by atoms with Gasteiger partial charge in [-0.05, 0) is 13.3 Å². The van der Waals surface area contributed by atoms with Crippen molar-refractivity contribution in [3.05, 3.63) is 0 Å². The predicted molar refractivity (Wildman–Crippen MR) is 102 cm³/mol. The summed E-state index contributed by atoms with van der Waals surface area (Å²) < 4.78 is 4.93. The normalized spacial score (nSPS) is 11.8. The topological polar surface area (TPSA) is 46.5 Å². The van der Waals surface area contributed by atoms with Crippen molar-refractivity contribution in [2.24, 2.45) is 0 Å². The van der Waals surface area contributed by atoms with Gasteiger partial charge in [0.25, 0.3) is 0 Å². The van der Waals surface area contributed by atoms with Crippen LogP contribution in [0.2, 0.25) is 0 Å². The third-order valence-corrected chi connectivity index (χ3v) is 4.58. The Morgan fingerprint density at radius 3 is 1.36 bits per heavy atom. The zero-order chi connectivity index (χ0) is 17.9. The third-order valence-electron chi connectivity index (χ3n) is 4.58. The smallest absolute Gasteiger partial charge is 0.334 e. The second-order valence-corrected chi connectivity index (χ2v) is 7.15. The molecule has 0 aliphatic rings. The average Bonchev–Trinajstić information content (AvgIpc) is 2.57. The quantitative estimate of drug-likeness (QED) is 0.168. The molecule has 0 aliphatic heterocycles. The van der Waals surface area contributed by atoms with E-state index in [0.29, 0.717) is 6.61 Å². The minimum absolute atomic E-state index is 0. The van der Waals surface area contributed by atoms with Crippen molar-refractivity contribution in [2.45, 2.75) is 123 Å². The van der Waals surface area contributed by atoms with Crippen LogP contribution < -0.4 is 0 Å². The number of ether oxygens (including phenoxy) is 1. The van der Waals surface area contributed by atoms with Crippen LogP contribution in [0.4, 0.5) is 0 Å². The van der Waals surface area contributed by atoms with E-state index < -0.39 is 12.1 Å². The first-order valence-electron chi connectivity index (χ1n) is 10.5. The number of hydrogen-bond donors (Lipinski definition) is 1. The fraction of sp³-hybridized carbons (Fsp3) is 0.952. The zero-order valence-electron chi connectivity index (χ0n) is 17.1. The van der Waals surface area contributed by atoms with Gasteiger partial charge in [-0.15, -0.1) is 0 Å². The summed E-state index contributed by atoms with van der Waals surface area (Å²) in [5.41, 5.74) is 0. The van der Waals surface area contributed by atoms with E-state index in [4.69, 9.17) is 9.84 Å². The van der Waals surface area contributed by atoms with E-state index in [1.807, 2.05) is 0 Å². The van der Waals surface area contributed by atoms with Gasteiger partial charge < -0.3 is 9.84 Å². The van der Waals surface area contributed by atoms with Gasteiger partial charge in [0, 0.05) is 19.5 Å². The first-order valence-corrected chi connectivity index (χ1v) is 10.5. The van der Waals surface area contributed by atoms with Crippen molar-refractivity contribution in [1.29, 1.82) is 0 Å². The van der Waals surface area contributed by atoms with Gasteiger partial charge in [-0.25, -0.2) is 4.79 Å². The van der Waals surface area contributed by atoms with Gasteiger partial charge in [-0.1, -0.05) is 103 Å². The van der Waals surface area contributed by atoms with Crippen LogP contribution in [-0.2, 0) is 29.0 Å². The van der Waals surface area contributed by atoms with E-state index in [1.165, 1.54) is 96.8 Å². The minimum atomic E-state index is -0.994. The number of carbonyl (C=O) groups excluding carboxylic acids is 1. The van der Waals surface area contributed by atoms with E-state index in [2.05, 4.69) is 6.92 Å². The molecular formula is C21H42O3Zn. The Balaban J connectivity index is 0. The van der Waals surface area contributed by atoms with Crippen molar-refractivity contribution >= 4 is 5.97 Å². The first-order chi connectivity index (χ1) is 11.7. The number of aliphatic hydroxyl groups excluding tert-OH is 1. The SMILES string of the molecule is CCCCCCCCCCCCCCCCCCOC(=O)C(C)O.[Zn]. The summed E-state index contributed by atoms with van der Waals surface area (Å²) in [7, 11) is 0. The molecule has 0 radical (unpaired) electrons. The number of carbonyl (C=O) groups is 1. The number of unbranched alkanes of at least 4 members (excludes halogenated alkanes) is 15. The van der Waals surface area contributed by atoms with Gasteiger partial charge >= 0.3 is 5.97 Å². The van der Waals surface area contributed by atoms with Crippen LogP contribution in [0.15, 0.2) is 0 Å². The summed E-state index contributed by atoms with van der Waals surface area (Å²) in [5.74, 6) is -0.504. The molecule has 0 aromatic heterocycles. The molecule has 0 aromatic rings. The second kappa shape index (κ2) is 22.1. The molecule has 3 nitrogen and oxygen atoms in total. The van der Waals surface area contributed by atoms with Gasteiger partial charge in [0.1, 0.15) is 6.10 Å². The van der Waals surface area contributed by atoms with Crippen molar-refractivity contribution in [1.82, 2.24) is 0 Å². The molecule has 0 bridgehead atoms. The first kappa shape index (κ1) is 27.3. The monoisotopic (exact) mass is 406 g/mol. The van der Waals surface area contributed by atoms with Crippen molar-refractivity contribution in [2.75, 3.05) is 6.61 Å².